The minimum absolute atomic E-state index is 0.248. The molecule has 0 heterocycles. The molecule has 0 fully saturated rings. The molecule has 7 nitrogen and oxygen atoms in total. The Kier molecular flexibility index (Phi) is 8.15. The van der Waals surface area contributed by atoms with Gasteiger partial charge in [0.1, 0.15) is 0 Å². The van der Waals surface area contributed by atoms with Crippen LogP contribution in [-0.2, 0) is 17.6 Å². The van der Waals surface area contributed by atoms with E-state index in [0.29, 0.717) is 41.5 Å². The van der Waals surface area contributed by atoms with Gasteiger partial charge >= 0.3 is 5.97 Å². The molecule has 0 aliphatic heterocycles. The predicted molar refractivity (Wildman–Crippen MR) is 111 cm³/mol. The summed E-state index contributed by atoms with van der Waals surface area (Å²) in [5, 5.41) is 13.2. The Hall–Kier alpha value is -2.93. The Bertz CT molecular complexity index is 836. The molecule has 0 saturated heterocycles. The first-order valence-electron chi connectivity index (χ1n) is 9.32. The Morgan fingerprint density at radius 1 is 0.966 bits per heavy atom. The monoisotopic (exact) mass is 403 g/mol. The molecule has 0 radical (unpaired) electrons. The van der Waals surface area contributed by atoms with Crippen molar-refractivity contribution in [1.82, 2.24) is 5.32 Å². The molecule has 0 aliphatic rings. The van der Waals surface area contributed by atoms with E-state index in [4.69, 9.17) is 18.9 Å². The second-order valence-corrected chi connectivity index (χ2v) is 6.51. The number of hydrogen-bond donors (Lipinski definition) is 2. The van der Waals surface area contributed by atoms with Crippen LogP contribution in [-0.4, -0.2) is 53.1 Å². The number of rotatable bonds is 11. The Morgan fingerprint density at radius 2 is 1.62 bits per heavy atom. The Balaban J connectivity index is 2.56. The highest BCUT2D eigenvalue weighted by molar-refractivity contribution is 5.78. The van der Waals surface area contributed by atoms with Gasteiger partial charge in [0.2, 0.25) is 0 Å². The normalized spacial score (nSPS) is 11.6. The van der Waals surface area contributed by atoms with E-state index in [0.717, 1.165) is 11.1 Å². The molecule has 0 saturated carbocycles. The average Bonchev–Trinajstić information content (AvgIpc) is 2.74. The number of carbonyl (C=O) groups is 1. The van der Waals surface area contributed by atoms with Crippen LogP contribution in [0.1, 0.15) is 22.6 Å². The highest BCUT2D eigenvalue weighted by Crippen LogP contribution is 2.38. The maximum atomic E-state index is 12.3. The van der Waals surface area contributed by atoms with Crippen molar-refractivity contribution in [2.75, 3.05) is 42.0 Å². The zero-order chi connectivity index (χ0) is 21.4. The third kappa shape index (κ3) is 5.12. The Labute approximate surface area is 171 Å². The molecular formula is C22H29NO6. The first-order valence-corrected chi connectivity index (χ1v) is 9.32. The van der Waals surface area contributed by atoms with Crippen LogP contribution in [0.15, 0.2) is 30.3 Å². The summed E-state index contributed by atoms with van der Waals surface area (Å²) in [6.07, 6.45) is 0.906. The lowest BCUT2D eigenvalue weighted by Gasteiger charge is -2.21. The molecule has 0 aromatic heterocycles. The van der Waals surface area contributed by atoms with Crippen molar-refractivity contribution < 1.29 is 28.8 Å². The lowest BCUT2D eigenvalue weighted by Crippen LogP contribution is -2.19. The maximum Gasteiger partial charge on any atom is 0.311 e. The number of carboxylic acids is 1. The number of nitrogens with one attached hydrogen (secondary N) is 1. The number of likely N-dealkylation sites (N-methyl/N-ethyl adjacent to an activating group) is 1. The van der Waals surface area contributed by atoms with Gasteiger partial charge in [-0.15, -0.1) is 0 Å². The summed E-state index contributed by atoms with van der Waals surface area (Å²) in [5.74, 6) is 0.468. The van der Waals surface area contributed by atoms with Crippen LogP contribution < -0.4 is 24.3 Å². The van der Waals surface area contributed by atoms with E-state index in [9.17, 15) is 9.90 Å². The first-order chi connectivity index (χ1) is 14.0. The van der Waals surface area contributed by atoms with E-state index in [1.807, 2.05) is 25.2 Å². The van der Waals surface area contributed by atoms with Crippen molar-refractivity contribution in [3.05, 3.63) is 47.0 Å². The minimum atomic E-state index is -0.923. The van der Waals surface area contributed by atoms with Crippen molar-refractivity contribution in [3.8, 4) is 23.0 Å². The molecule has 0 amide bonds. The van der Waals surface area contributed by atoms with Crippen LogP contribution in [0.25, 0.3) is 0 Å². The van der Waals surface area contributed by atoms with Gasteiger partial charge in [-0.2, -0.15) is 0 Å². The zero-order valence-corrected chi connectivity index (χ0v) is 17.6. The molecule has 2 aromatic rings. The number of methoxy groups -OCH3 is 4. The van der Waals surface area contributed by atoms with Crippen molar-refractivity contribution in [2.24, 2.45) is 0 Å². The molecule has 29 heavy (non-hydrogen) atoms. The highest BCUT2D eigenvalue weighted by Gasteiger charge is 2.27. The number of ether oxygens (including phenoxy) is 4. The zero-order valence-electron chi connectivity index (χ0n) is 17.6. The van der Waals surface area contributed by atoms with Crippen LogP contribution in [0.5, 0.6) is 23.0 Å². The lowest BCUT2D eigenvalue weighted by atomic mass is 9.87. The highest BCUT2D eigenvalue weighted by atomic mass is 16.5. The molecule has 0 bridgehead atoms. The van der Waals surface area contributed by atoms with Crippen molar-refractivity contribution >= 4 is 5.97 Å². The van der Waals surface area contributed by atoms with Crippen LogP contribution in [0.3, 0.4) is 0 Å². The fraction of sp³-hybridized carbons (Fsp3) is 0.409. The molecule has 2 rings (SSSR count). The van der Waals surface area contributed by atoms with Gasteiger partial charge in [0.15, 0.2) is 23.0 Å². The SMILES string of the molecule is CNCCc1cc(OC)c(OC)cc1C(Cc1cccc(OC)c1OC)C(=O)O. The first kappa shape index (κ1) is 22.4. The number of carboxylic acid groups (broad SMARTS) is 1. The second kappa shape index (κ2) is 10.6. The van der Waals surface area contributed by atoms with E-state index < -0.39 is 11.9 Å². The van der Waals surface area contributed by atoms with Gasteiger partial charge < -0.3 is 29.4 Å². The van der Waals surface area contributed by atoms with Crippen LogP contribution >= 0.6 is 0 Å². The fourth-order valence-electron chi connectivity index (χ4n) is 3.40. The standard InChI is InChI=1S/C22H29NO6/c1-23-10-9-14-12-19(27-3)20(28-4)13-16(14)17(22(24)25)11-15-7-6-8-18(26-2)21(15)29-5/h6-8,12-13,17,23H,9-11H2,1-5H3,(H,24,25). The van der Waals surface area contributed by atoms with Crippen molar-refractivity contribution in [3.63, 3.8) is 0 Å². The summed E-state index contributed by atoms with van der Waals surface area (Å²) in [6, 6.07) is 9.07. The molecule has 158 valence electrons. The van der Waals surface area contributed by atoms with Crippen LogP contribution in [0.4, 0.5) is 0 Å². The van der Waals surface area contributed by atoms with Gasteiger partial charge in [-0.25, -0.2) is 0 Å². The van der Waals surface area contributed by atoms with Crippen LogP contribution in [0.2, 0.25) is 0 Å². The number of para-hydroxylation sites is 1. The second-order valence-electron chi connectivity index (χ2n) is 6.51. The smallest absolute Gasteiger partial charge is 0.311 e. The van der Waals surface area contributed by atoms with E-state index in [1.54, 1.807) is 33.5 Å². The molecule has 0 spiro atoms. The summed E-state index contributed by atoms with van der Waals surface area (Å²) >= 11 is 0. The fourth-order valence-corrected chi connectivity index (χ4v) is 3.40. The van der Waals surface area contributed by atoms with Crippen LogP contribution in [0, 0.1) is 0 Å². The summed E-state index contributed by atoms with van der Waals surface area (Å²) < 4.78 is 21.7. The number of benzene rings is 2. The Morgan fingerprint density at radius 3 is 2.17 bits per heavy atom. The lowest BCUT2D eigenvalue weighted by molar-refractivity contribution is -0.138. The molecule has 1 atom stereocenters. The van der Waals surface area contributed by atoms with Gasteiger partial charge in [0.25, 0.3) is 0 Å². The van der Waals surface area contributed by atoms with Gasteiger partial charge in [-0.3, -0.25) is 4.79 Å². The molecule has 0 aliphatic carbocycles. The van der Waals surface area contributed by atoms with Gasteiger partial charge in [0, 0.05) is 0 Å². The van der Waals surface area contributed by atoms with Gasteiger partial charge in [-0.1, -0.05) is 12.1 Å². The van der Waals surface area contributed by atoms with E-state index in [1.165, 1.54) is 7.11 Å². The summed E-state index contributed by atoms with van der Waals surface area (Å²) in [5.41, 5.74) is 2.34. The number of aliphatic carboxylic acids is 1. The quantitative estimate of drug-likeness (QED) is 0.597. The van der Waals surface area contributed by atoms with Gasteiger partial charge in [-0.05, 0) is 61.3 Å². The molecule has 7 heteroatoms. The summed E-state index contributed by atoms with van der Waals surface area (Å²) in [6.45, 7) is 0.706. The van der Waals surface area contributed by atoms with E-state index in [2.05, 4.69) is 5.32 Å². The minimum Gasteiger partial charge on any atom is -0.493 e. The maximum absolute atomic E-state index is 12.3. The third-order valence-corrected chi connectivity index (χ3v) is 4.87. The molecule has 2 aromatic carbocycles. The molecule has 1 unspecified atom stereocenters. The van der Waals surface area contributed by atoms with Gasteiger partial charge in [0.05, 0.1) is 34.4 Å². The topological polar surface area (TPSA) is 86.3 Å². The largest absolute Gasteiger partial charge is 0.493 e. The third-order valence-electron chi connectivity index (χ3n) is 4.87. The van der Waals surface area contributed by atoms with Crippen molar-refractivity contribution in [1.29, 1.82) is 0 Å². The van der Waals surface area contributed by atoms with Crippen molar-refractivity contribution in [2.45, 2.75) is 18.8 Å². The van der Waals surface area contributed by atoms with E-state index >= 15 is 0 Å². The molecule has 2 N–H and O–H groups in total. The summed E-state index contributed by atoms with van der Waals surface area (Å²) in [4.78, 5) is 12.3. The molecular weight excluding hydrogens is 374 g/mol. The predicted octanol–water partition coefficient (Wildman–Crippen LogP) is 2.89. The summed E-state index contributed by atoms with van der Waals surface area (Å²) in [7, 11) is 8.06. The number of hydrogen-bond acceptors (Lipinski definition) is 6. The average molecular weight is 403 g/mol. The van der Waals surface area contributed by atoms with E-state index in [-0.39, 0.29) is 6.42 Å².